The number of carbonyl (C=O) groups excluding carboxylic acids is 1. The van der Waals surface area contributed by atoms with Crippen LogP contribution in [0.3, 0.4) is 0 Å². The van der Waals surface area contributed by atoms with E-state index in [0.29, 0.717) is 0 Å². The number of β-amino-alcohol motifs (C(OH)–C–C–N with tert-alkyl or cyclic N) is 2. The smallest absolute Gasteiger partial charge is 0.422 e. The first-order chi connectivity index (χ1) is 7.72. The third kappa shape index (κ3) is 3.80. The van der Waals surface area contributed by atoms with Crippen LogP contribution in [-0.2, 0) is 14.9 Å². The van der Waals surface area contributed by atoms with E-state index in [9.17, 15) is 23.4 Å². The summed E-state index contributed by atoms with van der Waals surface area (Å²) in [4.78, 5) is 11.1. The normalized spacial score (nSPS) is 26.2. The molecule has 9 heteroatoms. The highest BCUT2D eigenvalue weighted by atomic mass is 32.2. The van der Waals surface area contributed by atoms with Gasteiger partial charge >= 0.3 is 16.3 Å². The van der Waals surface area contributed by atoms with Gasteiger partial charge in [0.2, 0.25) is 0 Å². The number of hydrogen-bond acceptors (Lipinski definition) is 6. The van der Waals surface area contributed by atoms with Crippen LogP contribution in [0, 0.1) is 0 Å². The fourth-order valence-corrected chi connectivity index (χ4v) is 2.43. The van der Waals surface area contributed by atoms with Gasteiger partial charge in [-0.25, -0.2) is 9.52 Å². The number of hydrogen-bond donors (Lipinski definition) is 3. The third-order valence-corrected chi connectivity index (χ3v) is 3.52. The van der Waals surface area contributed by atoms with Crippen molar-refractivity contribution < 1.29 is 28.2 Å². The molecule has 1 aliphatic rings. The van der Waals surface area contributed by atoms with E-state index < -0.39 is 34.6 Å². The molecule has 0 aromatic heterocycles. The van der Waals surface area contributed by atoms with Crippen LogP contribution in [0.1, 0.15) is 13.8 Å². The van der Waals surface area contributed by atoms with Gasteiger partial charge in [-0.3, -0.25) is 0 Å². The van der Waals surface area contributed by atoms with Crippen LogP contribution >= 0.6 is 0 Å². The number of carbonyl (C=O) groups is 1. The molecule has 1 saturated heterocycles. The molecule has 1 rings (SSSR count). The van der Waals surface area contributed by atoms with Crippen LogP contribution in [-0.4, -0.2) is 60.4 Å². The van der Waals surface area contributed by atoms with Crippen molar-refractivity contribution in [2.45, 2.75) is 32.2 Å². The molecule has 1 aliphatic heterocycles. The van der Waals surface area contributed by atoms with E-state index in [-0.39, 0.29) is 13.1 Å². The second-order valence-corrected chi connectivity index (χ2v) is 5.68. The fourth-order valence-electron chi connectivity index (χ4n) is 1.34. The largest absolute Gasteiger partial charge is 0.446 e. The predicted molar refractivity (Wildman–Crippen MR) is 57.3 cm³/mol. The van der Waals surface area contributed by atoms with Crippen LogP contribution < -0.4 is 4.72 Å². The van der Waals surface area contributed by atoms with E-state index in [1.54, 1.807) is 18.6 Å². The fraction of sp³-hybridized carbons (Fsp3) is 0.875. The first-order valence-electron chi connectivity index (χ1n) is 5.07. The summed E-state index contributed by atoms with van der Waals surface area (Å²) in [5.74, 6) is 0. The number of aliphatic hydroxyl groups is 2. The van der Waals surface area contributed by atoms with Crippen molar-refractivity contribution in [2.24, 2.45) is 0 Å². The highest BCUT2D eigenvalue weighted by molar-refractivity contribution is 7.87. The van der Waals surface area contributed by atoms with Crippen LogP contribution in [0.2, 0.25) is 0 Å². The minimum Gasteiger partial charge on any atom is -0.446 e. The second-order valence-electron chi connectivity index (χ2n) is 4.01. The van der Waals surface area contributed by atoms with Crippen molar-refractivity contribution >= 4 is 16.3 Å². The quantitative estimate of drug-likeness (QED) is 0.568. The highest BCUT2D eigenvalue weighted by Gasteiger charge is 2.37. The maximum Gasteiger partial charge on any atom is 0.422 e. The number of nitrogens with zero attached hydrogens (tertiary/aromatic N) is 1. The minimum atomic E-state index is -4.08. The Labute approximate surface area is 99.4 Å². The molecule has 17 heavy (non-hydrogen) atoms. The summed E-state index contributed by atoms with van der Waals surface area (Å²) in [5.41, 5.74) is 0. The van der Waals surface area contributed by atoms with E-state index >= 15 is 0 Å². The molecule has 1 amide bonds. The Morgan fingerprint density at radius 2 is 1.82 bits per heavy atom. The lowest BCUT2D eigenvalue weighted by Gasteiger charge is -2.16. The van der Waals surface area contributed by atoms with Crippen LogP contribution in [0.5, 0.6) is 0 Å². The third-order valence-electron chi connectivity index (χ3n) is 2.12. The van der Waals surface area contributed by atoms with Crippen LogP contribution in [0.15, 0.2) is 0 Å². The Kier molecular flexibility index (Phi) is 4.31. The Balaban J connectivity index is 2.61. The van der Waals surface area contributed by atoms with E-state index in [1.165, 1.54) is 0 Å². The molecule has 8 nitrogen and oxygen atoms in total. The van der Waals surface area contributed by atoms with E-state index in [2.05, 4.69) is 4.74 Å². The summed E-state index contributed by atoms with van der Waals surface area (Å²) in [6.07, 6.45) is -3.82. The monoisotopic (exact) mass is 268 g/mol. The lowest BCUT2D eigenvalue weighted by Crippen LogP contribution is -2.43. The highest BCUT2D eigenvalue weighted by Crippen LogP contribution is 2.13. The molecule has 0 aromatic rings. The molecule has 3 N–H and O–H groups in total. The summed E-state index contributed by atoms with van der Waals surface area (Å²) in [5, 5.41) is 18.4. The molecule has 0 aliphatic carbocycles. The lowest BCUT2D eigenvalue weighted by molar-refractivity contribution is 0.0572. The lowest BCUT2D eigenvalue weighted by atomic mass is 10.3. The summed E-state index contributed by atoms with van der Waals surface area (Å²) in [6.45, 7) is 2.64. The average Bonchev–Trinajstić information content (AvgIpc) is 2.44. The molecule has 0 radical (unpaired) electrons. The molecule has 1 heterocycles. The number of amides is 1. The van der Waals surface area contributed by atoms with Crippen molar-refractivity contribution in [2.75, 3.05) is 13.1 Å². The van der Waals surface area contributed by atoms with Crippen molar-refractivity contribution in [3.63, 3.8) is 0 Å². The molecular weight excluding hydrogens is 252 g/mol. The van der Waals surface area contributed by atoms with Gasteiger partial charge < -0.3 is 14.9 Å². The summed E-state index contributed by atoms with van der Waals surface area (Å²) in [7, 11) is -4.08. The number of ether oxygens (including phenoxy) is 1. The standard InChI is InChI=1S/C8H16N2O6S/c1-5(2)16-8(13)9-17(14,15)10-3-6(11)7(12)4-10/h5-7,11-12H,3-4H2,1-2H3,(H,9,13). The molecule has 2 atom stereocenters. The van der Waals surface area contributed by atoms with Gasteiger partial charge in [0, 0.05) is 13.1 Å². The Morgan fingerprint density at radius 3 is 2.24 bits per heavy atom. The van der Waals surface area contributed by atoms with Gasteiger partial charge in [0.1, 0.15) is 0 Å². The van der Waals surface area contributed by atoms with Gasteiger partial charge in [-0.2, -0.15) is 12.7 Å². The first kappa shape index (κ1) is 14.2. The Hall–Kier alpha value is -0.900. The Bertz CT molecular complexity index is 371. The molecule has 0 aromatic carbocycles. The van der Waals surface area contributed by atoms with E-state index in [1.807, 2.05) is 0 Å². The molecule has 0 spiro atoms. The molecule has 0 bridgehead atoms. The SMILES string of the molecule is CC(C)OC(=O)NS(=O)(=O)N1CC(O)C(O)C1. The maximum atomic E-state index is 11.6. The zero-order chi connectivity index (χ0) is 13.2. The van der Waals surface area contributed by atoms with Gasteiger partial charge in [-0.05, 0) is 13.8 Å². The average molecular weight is 268 g/mol. The Morgan fingerprint density at radius 1 is 1.35 bits per heavy atom. The molecule has 0 saturated carbocycles. The zero-order valence-electron chi connectivity index (χ0n) is 9.53. The van der Waals surface area contributed by atoms with E-state index in [0.717, 1.165) is 4.31 Å². The van der Waals surface area contributed by atoms with Crippen molar-refractivity contribution in [1.82, 2.24) is 9.03 Å². The summed E-state index contributed by atoms with van der Waals surface area (Å²) in [6, 6.07) is 0. The van der Waals surface area contributed by atoms with Crippen LogP contribution in [0.25, 0.3) is 0 Å². The molecular formula is C8H16N2O6S. The molecule has 1 fully saturated rings. The number of aliphatic hydroxyl groups excluding tert-OH is 2. The number of rotatable bonds is 3. The summed E-state index contributed by atoms with van der Waals surface area (Å²) < 4.78 is 30.3. The zero-order valence-corrected chi connectivity index (χ0v) is 10.3. The van der Waals surface area contributed by atoms with Crippen molar-refractivity contribution in [3.05, 3.63) is 0 Å². The minimum absolute atomic E-state index is 0.258. The van der Waals surface area contributed by atoms with Crippen LogP contribution in [0.4, 0.5) is 4.79 Å². The number of nitrogens with one attached hydrogen (secondary N) is 1. The molecule has 2 unspecified atom stereocenters. The van der Waals surface area contributed by atoms with Crippen molar-refractivity contribution in [3.8, 4) is 0 Å². The molecule has 100 valence electrons. The summed E-state index contributed by atoms with van der Waals surface area (Å²) >= 11 is 0. The van der Waals surface area contributed by atoms with Gasteiger partial charge in [-0.15, -0.1) is 0 Å². The predicted octanol–water partition coefficient (Wildman–Crippen LogP) is -1.60. The van der Waals surface area contributed by atoms with E-state index in [4.69, 9.17) is 0 Å². The van der Waals surface area contributed by atoms with Gasteiger partial charge in [0.25, 0.3) is 0 Å². The first-order valence-corrected chi connectivity index (χ1v) is 6.51. The second kappa shape index (κ2) is 5.17. The maximum absolute atomic E-state index is 11.6. The topological polar surface area (TPSA) is 116 Å². The van der Waals surface area contributed by atoms with Crippen molar-refractivity contribution in [1.29, 1.82) is 0 Å². The van der Waals surface area contributed by atoms with Gasteiger partial charge in [0.05, 0.1) is 18.3 Å². The van der Waals surface area contributed by atoms with Gasteiger partial charge in [0.15, 0.2) is 0 Å². The van der Waals surface area contributed by atoms with Gasteiger partial charge in [-0.1, -0.05) is 0 Å².